The quantitative estimate of drug-likeness (QED) is 0.568. The van der Waals surface area contributed by atoms with E-state index < -0.39 is 0 Å². The minimum atomic E-state index is 0.584. The summed E-state index contributed by atoms with van der Waals surface area (Å²) in [6.07, 6.45) is 0.584. The number of rotatable bonds is 3. The van der Waals surface area contributed by atoms with Crippen LogP contribution in [0.15, 0.2) is 52.9 Å². The van der Waals surface area contributed by atoms with Crippen molar-refractivity contribution in [2.45, 2.75) is 13.3 Å². The Labute approximate surface area is 131 Å². The van der Waals surface area contributed by atoms with Crippen molar-refractivity contribution in [2.75, 3.05) is 0 Å². The average molecular weight is 307 g/mol. The highest BCUT2D eigenvalue weighted by Gasteiger charge is 2.10. The van der Waals surface area contributed by atoms with Crippen LogP contribution in [0.2, 0.25) is 0 Å². The van der Waals surface area contributed by atoms with Gasteiger partial charge in [0.2, 0.25) is 11.8 Å². The molecule has 0 aliphatic carbocycles. The largest absolute Gasteiger partial charge is 0.425 e. The van der Waals surface area contributed by atoms with Gasteiger partial charge in [0.05, 0.1) is 16.6 Å². The van der Waals surface area contributed by atoms with Crippen molar-refractivity contribution in [3.63, 3.8) is 0 Å². The molecule has 108 valence electrons. The zero-order valence-corrected chi connectivity index (χ0v) is 12.8. The van der Waals surface area contributed by atoms with Crippen LogP contribution in [0.1, 0.15) is 16.8 Å². The van der Waals surface area contributed by atoms with Gasteiger partial charge in [0.15, 0.2) is 0 Å². The first-order chi connectivity index (χ1) is 10.8. The van der Waals surface area contributed by atoms with Gasteiger partial charge in [-0.15, -0.1) is 21.5 Å². The van der Waals surface area contributed by atoms with Crippen LogP contribution in [0.3, 0.4) is 0 Å². The first-order valence-corrected chi connectivity index (χ1v) is 7.83. The van der Waals surface area contributed by atoms with E-state index in [2.05, 4.69) is 57.6 Å². The Balaban J connectivity index is 1.69. The van der Waals surface area contributed by atoms with Gasteiger partial charge in [0.1, 0.15) is 5.01 Å². The first kappa shape index (κ1) is 13.2. The predicted molar refractivity (Wildman–Crippen MR) is 86.9 cm³/mol. The van der Waals surface area contributed by atoms with Gasteiger partial charge in [0.25, 0.3) is 0 Å². The Bertz CT molecular complexity index is 927. The maximum atomic E-state index is 5.42. The van der Waals surface area contributed by atoms with Gasteiger partial charge in [-0.3, -0.25) is 0 Å². The van der Waals surface area contributed by atoms with Gasteiger partial charge >= 0.3 is 0 Å². The molecule has 0 saturated heterocycles. The Morgan fingerprint density at radius 1 is 1.00 bits per heavy atom. The molecule has 2 heterocycles. The molecule has 0 bridgehead atoms. The van der Waals surface area contributed by atoms with Crippen LogP contribution in [0.5, 0.6) is 0 Å². The van der Waals surface area contributed by atoms with E-state index in [1.54, 1.807) is 18.3 Å². The first-order valence-electron chi connectivity index (χ1n) is 7.02. The molecule has 2 aromatic heterocycles. The molecule has 4 aromatic rings. The SMILES string of the molecule is Cc1nnc(Cc2nc3ccc(-c4ccccc4)cc3s2)o1. The van der Waals surface area contributed by atoms with Crippen molar-refractivity contribution in [1.29, 1.82) is 0 Å². The number of hydrogen-bond donors (Lipinski definition) is 0. The smallest absolute Gasteiger partial charge is 0.223 e. The summed E-state index contributed by atoms with van der Waals surface area (Å²) in [4.78, 5) is 4.64. The van der Waals surface area contributed by atoms with Crippen molar-refractivity contribution in [3.8, 4) is 11.1 Å². The molecule has 22 heavy (non-hydrogen) atoms. The fraction of sp³-hybridized carbons (Fsp3) is 0.118. The third-order valence-electron chi connectivity index (χ3n) is 3.41. The molecule has 0 aliphatic rings. The molecule has 4 nitrogen and oxygen atoms in total. The second-order valence-corrected chi connectivity index (χ2v) is 6.16. The second kappa shape index (κ2) is 5.35. The molecule has 0 atom stereocenters. The van der Waals surface area contributed by atoms with Crippen LogP contribution in [-0.2, 0) is 6.42 Å². The summed E-state index contributed by atoms with van der Waals surface area (Å²) >= 11 is 1.67. The van der Waals surface area contributed by atoms with Crippen molar-refractivity contribution < 1.29 is 4.42 Å². The molecule has 0 saturated carbocycles. The predicted octanol–water partition coefficient (Wildman–Crippen LogP) is 4.25. The molecule has 0 spiro atoms. The van der Waals surface area contributed by atoms with Gasteiger partial charge in [-0.2, -0.15) is 0 Å². The van der Waals surface area contributed by atoms with E-state index in [0.29, 0.717) is 18.2 Å². The van der Waals surface area contributed by atoms with Crippen LogP contribution in [0, 0.1) is 6.92 Å². The lowest BCUT2D eigenvalue weighted by Crippen LogP contribution is -1.86. The monoisotopic (exact) mass is 307 g/mol. The van der Waals surface area contributed by atoms with Crippen LogP contribution < -0.4 is 0 Å². The maximum absolute atomic E-state index is 5.42. The number of aromatic nitrogens is 3. The van der Waals surface area contributed by atoms with Crippen LogP contribution in [0.4, 0.5) is 0 Å². The number of benzene rings is 2. The highest BCUT2D eigenvalue weighted by molar-refractivity contribution is 7.18. The zero-order valence-electron chi connectivity index (χ0n) is 12.0. The van der Waals surface area contributed by atoms with E-state index in [4.69, 9.17) is 4.42 Å². The van der Waals surface area contributed by atoms with Crippen LogP contribution >= 0.6 is 11.3 Å². The summed E-state index contributed by atoms with van der Waals surface area (Å²) < 4.78 is 6.59. The minimum absolute atomic E-state index is 0.584. The number of fused-ring (bicyclic) bond motifs is 1. The Kier molecular flexibility index (Phi) is 3.20. The van der Waals surface area contributed by atoms with E-state index in [9.17, 15) is 0 Å². The normalized spacial score (nSPS) is 11.1. The highest BCUT2D eigenvalue weighted by Crippen LogP contribution is 2.29. The summed E-state index contributed by atoms with van der Waals surface area (Å²) in [6.45, 7) is 1.79. The number of aryl methyl sites for hydroxylation is 1. The van der Waals surface area contributed by atoms with E-state index in [-0.39, 0.29) is 0 Å². The van der Waals surface area contributed by atoms with Gasteiger partial charge in [-0.25, -0.2) is 4.98 Å². The summed E-state index contributed by atoms with van der Waals surface area (Å²) in [7, 11) is 0. The van der Waals surface area contributed by atoms with Crippen LogP contribution in [0.25, 0.3) is 21.3 Å². The van der Waals surface area contributed by atoms with Gasteiger partial charge in [-0.1, -0.05) is 36.4 Å². The van der Waals surface area contributed by atoms with Gasteiger partial charge in [0, 0.05) is 6.92 Å². The topological polar surface area (TPSA) is 51.8 Å². The summed E-state index contributed by atoms with van der Waals surface area (Å²) in [6, 6.07) is 16.7. The summed E-state index contributed by atoms with van der Waals surface area (Å²) in [5, 5.41) is 8.87. The Hall–Kier alpha value is -2.53. The van der Waals surface area contributed by atoms with Gasteiger partial charge < -0.3 is 4.42 Å². The summed E-state index contributed by atoms with van der Waals surface area (Å²) in [5.74, 6) is 1.20. The lowest BCUT2D eigenvalue weighted by molar-refractivity contribution is 0.477. The van der Waals surface area contributed by atoms with E-state index in [0.717, 1.165) is 10.5 Å². The highest BCUT2D eigenvalue weighted by atomic mass is 32.1. The molecule has 0 N–H and O–H groups in total. The number of thiazole rings is 1. The Morgan fingerprint density at radius 3 is 2.64 bits per heavy atom. The zero-order chi connectivity index (χ0) is 14.9. The van der Waals surface area contributed by atoms with E-state index in [1.165, 1.54) is 15.8 Å². The molecule has 0 fully saturated rings. The fourth-order valence-corrected chi connectivity index (χ4v) is 3.39. The van der Waals surface area contributed by atoms with E-state index >= 15 is 0 Å². The number of hydrogen-bond acceptors (Lipinski definition) is 5. The average Bonchev–Trinajstić information content (AvgIpc) is 3.13. The third-order valence-corrected chi connectivity index (χ3v) is 4.43. The van der Waals surface area contributed by atoms with Crippen LogP contribution in [-0.4, -0.2) is 15.2 Å². The second-order valence-electron chi connectivity index (χ2n) is 5.05. The van der Waals surface area contributed by atoms with Gasteiger partial charge in [-0.05, 0) is 23.3 Å². The van der Waals surface area contributed by atoms with Crippen molar-refractivity contribution in [1.82, 2.24) is 15.2 Å². The van der Waals surface area contributed by atoms with Crippen molar-refractivity contribution in [2.24, 2.45) is 0 Å². The lowest BCUT2D eigenvalue weighted by atomic mass is 10.1. The number of nitrogens with zero attached hydrogens (tertiary/aromatic N) is 3. The molecular formula is C17H13N3OS. The molecule has 0 aliphatic heterocycles. The van der Waals surface area contributed by atoms with E-state index in [1.807, 2.05) is 6.07 Å². The standard InChI is InChI=1S/C17H13N3OS/c1-11-19-20-16(21-11)10-17-18-14-8-7-13(9-15(14)22-17)12-5-3-2-4-6-12/h2-9H,10H2,1H3. The minimum Gasteiger partial charge on any atom is -0.425 e. The molecule has 0 unspecified atom stereocenters. The summed E-state index contributed by atoms with van der Waals surface area (Å²) in [5.41, 5.74) is 3.43. The van der Waals surface area contributed by atoms with Crippen molar-refractivity contribution >= 4 is 21.6 Å². The molecular weight excluding hydrogens is 294 g/mol. The molecule has 2 aromatic carbocycles. The molecule has 5 heteroatoms. The maximum Gasteiger partial charge on any atom is 0.223 e. The van der Waals surface area contributed by atoms with Crippen molar-refractivity contribution in [3.05, 3.63) is 65.3 Å². The lowest BCUT2D eigenvalue weighted by Gasteiger charge is -2.00. The fourth-order valence-electron chi connectivity index (χ4n) is 2.40. The molecule has 4 rings (SSSR count). The third kappa shape index (κ3) is 2.51. The molecule has 0 radical (unpaired) electrons. The Morgan fingerprint density at radius 2 is 1.86 bits per heavy atom. The molecule has 0 amide bonds.